The van der Waals surface area contributed by atoms with Crippen LogP contribution in [0.25, 0.3) is 0 Å². The molecule has 0 aromatic heterocycles. The van der Waals surface area contributed by atoms with Crippen molar-refractivity contribution in [2.24, 2.45) is 5.41 Å². The van der Waals surface area contributed by atoms with Crippen LogP contribution in [-0.4, -0.2) is 29.7 Å². The van der Waals surface area contributed by atoms with Gasteiger partial charge in [0.15, 0.2) is 0 Å². The van der Waals surface area contributed by atoms with E-state index in [-0.39, 0.29) is 12.5 Å². The minimum Gasteiger partial charge on any atom is -0.481 e. The zero-order valence-electron chi connectivity index (χ0n) is 10.7. The van der Waals surface area contributed by atoms with Gasteiger partial charge in [-0.1, -0.05) is 0 Å². The van der Waals surface area contributed by atoms with Crippen LogP contribution < -0.4 is 10.6 Å². The Labute approximate surface area is 107 Å². The molecule has 1 spiro atoms. The van der Waals surface area contributed by atoms with Crippen LogP contribution in [0, 0.1) is 5.41 Å². The maximum absolute atomic E-state index is 11.6. The van der Waals surface area contributed by atoms with E-state index in [0.717, 1.165) is 12.8 Å². The molecule has 2 aliphatic carbocycles. The molecule has 18 heavy (non-hydrogen) atoms. The van der Waals surface area contributed by atoms with Crippen LogP contribution in [0.2, 0.25) is 0 Å². The number of carboxylic acids is 1. The monoisotopic (exact) mass is 254 g/mol. The standard InChI is InChI=1S/C13H22N2O3/c16-11(17)2-1-9-14-12(18)15-10-3-5-13(6-4-10)7-8-13/h10H,1-9H2,(H,16,17)(H2,14,15,18). The smallest absolute Gasteiger partial charge is 0.315 e. The van der Waals surface area contributed by atoms with Crippen LogP contribution in [0.3, 0.4) is 0 Å². The van der Waals surface area contributed by atoms with Gasteiger partial charge in [0.25, 0.3) is 0 Å². The van der Waals surface area contributed by atoms with E-state index in [1.165, 1.54) is 25.7 Å². The summed E-state index contributed by atoms with van der Waals surface area (Å²) < 4.78 is 0. The van der Waals surface area contributed by atoms with Crippen molar-refractivity contribution in [1.29, 1.82) is 0 Å². The van der Waals surface area contributed by atoms with Crippen LogP contribution in [0.15, 0.2) is 0 Å². The highest BCUT2D eigenvalue weighted by Gasteiger charge is 2.44. The first kappa shape index (κ1) is 13.2. The van der Waals surface area contributed by atoms with Crippen molar-refractivity contribution in [2.75, 3.05) is 6.54 Å². The van der Waals surface area contributed by atoms with Crippen LogP contribution in [0.4, 0.5) is 4.79 Å². The number of nitrogens with one attached hydrogen (secondary N) is 2. The third-order valence-electron chi connectivity index (χ3n) is 4.19. The molecule has 5 nitrogen and oxygen atoms in total. The second-order valence-corrected chi connectivity index (χ2v) is 5.67. The lowest BCUT2D eigenvalue weighted by Gasteiger charge is -2.29. The van der Waals surface area contributed by atoms with Gasteiger partial charge in [-0.05, 0) is 50.4 Å². The number of hydrogen-bond donors (Lipinski definition) is 3. The van der Waals surface area contributed by atoms with Gasteiger partial charge in [-0.3, -0.25) is 4.79 Å². The Balaban J connectivity index is 1.55. The Kier molecular flexibility index (Phi) is 4.09. The highest BCUT2D eigenvalue weighted by atomic mass is 16.4. The second kappa shape index (κ2) is 5.59. The van der Waals surface area contributed by atoms with Crippen LogP contribution in [0.1, 0.15) is 51.4 Å². The van der Waals surface area contributed by atoms with Crippen molar-refractivity contribution in [3.8, 4) is 0 Å². The quantitative estimate of drug-likeness (QED) is 0.655. The van der Waals surface area contributed by atoms with Gasteiger partial charge in [0, 0.05) is 19.0 Å². The Hall–Kier alpha value is -1.26. The molecule has 102 valence electrons. The fraction of sp³-hybridized carbons (Fsp3) is 0.846. The number of aliphatic carboxylic acids is 1. The van der Waals surface area contributed by atoms with E-state index in [1.807, 2.05) is 0 Å². The van der Waals surface area contributed by atoms with Gasteiger partial charge in [0.05, 0.1) is 0 Å². The molecule has 0 aromatic carbocycles. The number of rotatable bonds is 5. The normalized spacial score (nSPS) is 21.6. The molecule has 2 amide bonds. The van der Waals surface area contributed by atoms with Gasteiger partial charge in [0.1, 0.15) is 0 Å². The first-order chi connectivity index (χ1) is 8.60. The number of carbonyl (C=O) groups excluding carboxylic acids is 1. The van der Waals surface area contributed by atoms with E-state index >= 15 is 0 Å². The molecule has 0 aromatic rings. The Morgan fingerprint density at radius 2 is 1.83 bits per heavy atom. The van der Waals surface area contributed by atoms with E-state index < -0.39 is 5.97 Å². The predicted molar refractivity (Wildman–Crippen MR) is 67.3 cm³/mol. The minimum atomic E-state index is -0.820. The zero-order valence-corrected chi connectivity index (χ0v) is 10.7. The molecule has 0 unspecified atom stereocenters. The van der Waals surface area contributed by atoms with Crippen LogP contribution >= 0.6 is 0 Å². The van der Waals surface area contributed by atoms with Gasteiger partial charge in [0.2, 0.25) is 0 Å². The van der Waals surface area contributed by atoms with E-state index in [4.69, 9.17) is 5.11 Å². The van der Waals surface area contributed by atoms with Crippen molar-refractivity contribution in [3.63, 3.8) is 0 Å². The van der Waals surface area contributed by atoms with Gasteiger partial charge in [-0.25, -0.2) is 4.79 Å². The van der Waals surface area contributed by atoms with Crippen molar-refractivity contribution in [1.82, 2.24) is 10.6 Å². The summed E-state index contributed by atoms with van der Waals surface area (Å²) in [5.41, 5.74) is 0.649. The van der Waals surface area contributed by atoms with E-state index in [9.17, 15) is 9.59 Å². The predicted octanol–water partition coefficient (Wildman–Crippen LogP) is 1.87. The number of carboxylic acid groups (broad SMARTS) is 1. The summed E-state index contributed by atoms with van der Waals surface area (Å²) in [5.74, 6) is -0.820. The van der Waals surface area contributed by atoms with Crippen LogP contribution in [0.5, 0.6) is 0 Å². The van der Waals surface area contributed by atoms with Gasteiger partial charge in [-0.2, -0.15) is 0 Å². The second-order valence-electron chi connectivity index (χ2n) is 5.67. The molecule has 0 heterocycles. The average molecular weight is 254 g/mol. The highest BCUT2D eigenvalue weighted by molar-refractivity contribution is 5.74. The molecule has 3 N–H and O–H groups in total. The number of hydrogen-bond acceptors (Lipinski definition) is 2. The lowest BCUT2D eigenvalue weighted by Crippen LogP contribution is -2.44. The SMILES string of the molecule is O=C(O)CCCNC(=O)NC1CCC2(CC1)CC2. The summed E-state index contributed by atoms with van der Waals surface area (Å²) >= 11 is 0. The summed E-state index contributed by atoms with van der Waals surface area (Å²) in [6.45, 7) is 0.425. The maximum atomic E-state index is 11.6. The van der Waals surface area contributed by atoms with Crippen molar-refractivity contribution < 1.29 is 14.7 Å². The van der Waals surface area contributed by atoms with Crippen LogP contribution in [-0.2, 0) is 4.79 Å². The first-order valence-corrected chi connectivity index (χ1v) is 6.86. The highest BCUT2D eigenvalue weighted by Crippen LogP contribution is 2.56. The molecular weight excluding hydrogens is 232 g/mol. The molecule has 0 bridgehead atoms. The van der Waals surface area contributed by atoms with Crippen molar-refractivity contribution in [3.05, 3.63) is 0 Å². The van der Waals surface area contributed by atoms with Gasteiger partial charge < -0.3 is 15.7 Å². The number of carbonyl (C=O) groups is 2. The number of amides is 2. The van der Waals surface area contributed by atoms with E-state index in [0.29, 0.717) is 24.4 Å². The van der Waals surface area contributed by atoms with Gasteiger partial charge in [-0.15, -0.1) is 0 Å². The summed E-state index contributed by atoms with van der Waals surface area (Å²) in [6, 6.07) is 0.146. The largest absolute Gasteiger partial charge is 0.481 e. The van der Waals surface area contributed by atoms with E-state index in [2.05, 4.69) is 10.6 Å². The molecule has 5 heteroatoms. The average Bonchev–Trinajstić information content (AvgIpc) is 3.08. The molecule has 2 aliphatic rings. The fourth-order valence-electron chi connectivity index (χ4n) is 2.73. The Morgan fingerprint density at radius 3 is 2.39 bits per heavy atom. The maximum Gasteiger partial charge on any atom is 0.315 e. The van der Waals surface area contributed by atoms with Crippen molar-refractivity contribution in [2.45, 2.75) is 57.4 Å². The first-order valence-electron chi connectivity index (χ1n) is 6.86. The molecule has 0 atom stereocenters. The fourth-order valence-corrected chi connectivity index (χ4v) is 2.73. The Morgan fingerprint density at radius 1 is 1.17 bits per heavy atom. The lowest BCUT2D eigenvalue weighted by molar-refractivity contribution is -0.137. The van der Waals surface area contributed by atoms with Crippen molar-refractivity contribution >= 4 is 12.0 Å². The molecule has 0 aliphatic heterocycles. The zero-order chi connectivity index (χ0) is 13.0. The molecule has 0 radical (unpaired) electrons. The third-order valence-corrected chi connectivity index (χ3v) is 4.19. The summed E-state index contributed by atoms with van der Waals surface area (Å²) in [6.07, 6.45) is 8.00. The minimum absolute atomic E-state index is 0.103. The summed E-state index contributed by atoms with van der Waals surface area (Å²) in [5, 5.41) is 14.1. The van der Waals surface area contributed by atoms with E-state index in [1.54, 1.807) is 0 Å². The molecule has 2 saturated carbocycles. The third kappa shape index (κ3) is 3.89. The summed E-state index contributed by atoms with van der Waals surface area (Å²) in [7, 11) is 0. The molecular formula is C13H22N2O3. The van der Waals surface area contributed by atoms with Gasteiger partial charge >= 0.3 is 12.0 Å². The summed E-state index contributed by atoms with van der Waals surface area (Å²) in [4.78, 5) is 21.9. The molecule has 0 saturated heterocycles. The lowest BCUT2D eigenvalue weighted by atomic mass is 9.83. The molecule has 2 fully saturated rings. The number of urea groups is 1. The topological polar surface area (TPSA) is 78.4 Å². The Bertz CT molecular complexity index is 316. The molecule has 2 rings (SSSR count).